The van der Waals surface area contributed by atoms with Crippen molar-refractivity contribution in [2.24, 2.45) is 5.92 Å². The number of nitrogens with zero attached hydrogens (tertiary/aromatic N) is 5. The van der Waals surface area contributed by atoms with E-state index in [4.69, 9.17) is 4.74 Å². The SMILES string of the molecule is CC(Oc1cccc(-c2cccc(-n3ncc(C(=O)O)c3[C@@H]3C[C@H]3c3cn(Cc4ccccc4)nn3)c2)c1)C1CCCCC1. The van der Waals surface area contributed by atoms with Crippen LogP contribution in [0.2, 0.25) is 0 Å². The van der Waals surface area contributed by atoms with Crippen LogP contribution in [0.25, 0.3) is 16.8 Å². The van der Waals surface area contributed by atoms with E-state index in [1.165, 1.54) is 38.3 Å². The van der Waals surface area contributed by atoms with E-state index in [2.05, 4.69) is 58.7 Å². The number of hydrogen-bond acceptors (Lipinski definition) is 5. The first kappa shape index (κ1) is 28.1. The minimum Gasteiger partial charge on any atom is -0.490 e. The molecule has 0 saturated heterocycles. The first-order valence-corrected chi connectivity index (χ1v) is 15.7. The van der Waals surface area contributed by atoms with Crippen molar-refractivity contribution in [2.45, 2.75) is 69.9 Å². The highest BCUT2D eigenvalue weighted by Crippen LogP contribution is 2.55. The molecule has 2 fully saturated rings. The van der Waals surface area contributed by atoms with Crippen LogP contribution in [0.3, 0.4) is 0 Å². The lowest BCUT2D eigenvalue weighted by molar-refractivity contribution is 0.0695. The highest BCUT2D eigenvalue weighted by atomic mass is 16.5. The maximum Gasteiger partial charge on any atom is 0.339 e. The maximum atomic E-state index is 12.3. The molecule has 0 bridgehead atoms. The number of rotatable bonds is 10. The highest BCUT2D eigenvalue weighted by molar-refractivity contribution is 5.89. The second kappa shape index (κ2) is 12.1. The molecule has 1 unspecified atom stereocenters. The van der Waals surface area contributed by atoms with E-state index in [-0.39, 0.29) is 23.5 Å². The van der Waals surface area contributed by atoms with Crippen LogP contribution < -0.4 is 4.74 Å². The van der Waals surface area contributed by atoms with Crippen molar-refractivity contribution in [3.8, 4) is 22.6 Å². The van der Waals surface area contributed by atoms with E-state index in [0.717, 1.165) is 40.2 Å². The van der Waals surface area contributed by atoms with E-state index < -0.39 is 5.97 Å². The summed E-state index contributed by atoms with van der Waals surface area (Å²) in [7, 11) is 0. The summed E-state index contributed by atoms with van der Waals surface area (Å²) in [5, 5.41) is 23.4. The van der Waals surface area contributed by atoms with Crippen molar-refractivity contribution in [1.82, 2.24) is 24.8 Å². The number of carboxylic acids is 1. The Morgan fingerprint density at radius 1 is 0.955 bits per heavy atom. The fraction of sp³-hybridized carbons (Fsp3) is 0.333. The number of carboxylic acid groups (broad SMARTS) is 1. The number of aromatic nitrogens is 5. The quantitative estimate of drug-likeness (QED) is 0.182. The minimum absolute atomic E-state index is 0.00728. The molecule has 2 saturated carbocycles. The standard InChI is InChI=1S/C36H37N5O3/c1-24(26-12-6-3-7-13-26)44-30-17-9-15-28(19-30)27-14-8-16-29(18-27)41-35(33(21-37-41)36(42)43)32-20-31(32)34-23-40(39-38-34)22-25-10-4-2-5-11-25/h2,4-5,8-11,14-19,21,23-24,26,31-32H,3,6-7,12-13,20,22H2,1H3,(H,42,43)/t24?,31-,32-/m1/s1. The average molecular weight is 588 g/mol. The predicted molar refractivity (Wildman–Crippen MR) is 168 cm³/mol. The Hall–Kier alpha value is -4.72. The highest BCUT2D eigenvalue weighted by Gasteiger charge is 2.46. The molecular formula is C36H37N5O3. The van der Waals surface area contributed by atoms with Gasteiger partial charge < -0.3 is 9.84 Å². The van der Waals surface area contributed by atoms with E-state index in [0.29, 0.717) is 18.2 Å². The van der Waals surface area contributed by atoms with Crippen LogP contribution in [-0.4, -0.2) is 42.0 Å². The summed E-state index contributed by atoms with van der Waals surface area (Å²) < 4.78 is 10.0. The van der Waals surface area contributed by atoms with Crippen molar-refractivity contribution in [3.63, 3.8) is 0 Å². The average Bonchev–Trinajstić information content (AvgIpc) is 3.47. The largest absolute Gasteiger partial charge is 0.490 e. The number of carbonyl (C=O) groups is 1. The summed E-state index contributed by atoms with van der Waals surface area (Å²) in [6, 6.07) is 26.5. The molecule has 2 aromatic heterocycles. The zero-order chi connectivity index (χ0) is 30.0. The third kappa shape index (κ3) is 5.89. The Labute approximate surface area is 257 Å². The van der Waals surface area contributed by atoms with Gasteiger partial charge in [0.05, 0.1) is 35.9 Å². The Kier molecular flexibility index (Phi) is 7.73. The molecule has 8 nitrogen and oxygen atoms in total. The van der Waals surface area contributed by atoms with Gasteiger partial charge in [-0.25, -0.2) is 14.2 Å². The van der Waals surface area contributed by atoms with Gasteiger partial charge in [0.2, 0.25) is 0 Å². The number of aromatic carboxylic acids is 1. The van der Waals surface area contributed by atoms with Gasteiger partial charge in [0.15, 0.2) is 0 Å². The molecule has 2 heterocycles. The van der Waals surface area contributed by atoms with Gasteiger partial charge >= 0.3 is 5.97 Å². The molecule has 44 heavy (non-hydrogen) atoms. The third-order valence-corrected chi connectivity index (χ3v) is 9.20. The molecule has 3 aromatic carbocycles. The molecule has 1 N–H and O–H groups in total. The number of ether oxygens (including phenoxy) is 1. The zero-order valence-corrected chi connectivity index (χ0v) is 24.9. The molecule has 0 amide bonds. The van der Waals surface area contributed by atoms with Crippen LogP contribution in [0.4, 0.5) is 0 Å². The van der Waals surface area contributed by atoms with E-state index in [1.807, 2.05) is 53.3 Å². The molecule has 0 spiro atoms. The minimum atomic E-state index is -0.974. The van der Waals surface area contributed by atoms with Crippen LogP contribution in [0, 0.1) is 5.92 Å². The summed E-state index contributed by atoms with van der Waals surface area (Å²) in [4.78, 5) is 12.3. The van der Waals surface area contributed by atoms with Crippen LogP contribution >= 0.6 is 0 Å². The van der Waals surface area contributed by atoms with Crippen LogP contribution in [0.15, 0.2) is 91.3 Å². The topological polar surface area (TPSA) is 95.1 Å². The predicted octanol–water partition coefficient (Wildman–Crippen LogP) is 7.50. The second-order valence-electron chi connectivity index (χ2n) is 12.2. The molecule has 224 valence electrons. The van der Waals surface area contributed by atoms with Crippen LogP contribution in [-0.2, 0) is 6.54 Å². The molecular weight excluding hydrogens is 550 g/mol. The van der Waals surface area contributed by atoms with E-state index in [9.17, 15) is 9.90 Å². The van der Waals surface area contributed by atoms with Gasteiger partial charge in [-0.1, -0.05) is 79.1 Å². The molecule has 0 radical (unpaired) electrons. The summed E-state index contributed by atoms with van der Waals surface area (Å²) >= 11 is 0. The smallest absolute Gasteiger partial charge is 0.339 e. The van der Waals surface area contributed by atoms with E-state index >= 15 is 0 Å². The molecule has 3 atom stereocenters. The normalized spacial score (nSPS) is 19.0. The van der Waals surface area contributed by atoms with Gasteiger partial charge in [-0.05, 0) is 73.1 Å². The van der Waals surface area contributed by atoms with Crippen molar-refractivity contribution < 1.29 is 14.6 Å². The van der Waals surface area contributed by atoms with Crippen LogP contribution in [0.5, 0.6) is 5.75 Å². The van der Waals surface area contributed by atoms with Crippen LogP contribution in [0.1, 0.15) is 84.6 Å². The lowest BCUT2D eigenvalue weighted by atomic mass is 9.86. The maximum absolute atomic E-state index is 12.3. The van der Waals surface area contributed by atoms with Gasteiger partial charge in [0.1, 0.15) is 11.3 Å². The summed E-state index contributed by atoms with van der Waals surface area (Å²) in [5.41, 5.74) is 5.85. The summed E-state index contributed by atoms with van der Waals surface area (Å²) in [6.45, 7) is 2.83. The van der Waals surface area contributed by atoms with Gasteiger partial charge in [-0.2, -0.15) is 5.10 Å². The van der Waals surface area contributed by atoms with Crippen molar-refractivity contribution in [3.05, 3.63) is 114 Å². The van der Waals surface area contributed by atoms with Gasteiger partial charge in [-0.15, -0.1) is 5.10 Å². The Morgan fingerprint density at radius 3 is 2.52 bits per heavy atom. The second-order valence-corrected chi connectivity index (χ2v) is 12.2. The lowest BCUT2D eigenvalue weighted by Gasteiger charge is -2.28. The fourth-order valence-electron chi connectivity index (χ4n) is 6.72. The molecule has 2 aliphatic carbocycles. The van der Waals surface area contributed by atoms with Crippen molar-refractivity contribution in [1.29, 1.82) is 0 Å². The molecule has 0 aliphatic heterocycles. The number of hydrogen-bond donors (Lipinski definition) is 1. The zero-order valence-electron chi connectivity index (χ0n) is 24.9. The summed E-state index contributed by atoms with van der Waals surface area (Å²) in [5.74, 6) is 0.596. The monoisotopic (exact) mass is 587 g/mol. The lowest BCUT2D eigenvalue weighted by Crippen LogP contribution is -2.25. The molecule has 8 heteroatoms. The van der Waals surface area contributed by atoms with Gasteiger partial charge in [0.25, 0.3) is 0 Å². The van der Waals surface area contributed by atoms with Crippen molar-refractivity contribution in [2.75, 3.05) is 0 Å². The molecule has 7 rings (SSSR count). The fourth-order valence-corrected chi connectivity index (χ4v) is 6.72. The van der Waals surface area contributed by atoms with E-state index in [1.54, 1.807) is 4.68 Å². The van der Waals surface area contributed by atoms with Crippen molar-refractivity contribution >= 4 is 5.97 Å². The first-order valence-electron chi connectivity index (χ1n) is 15.7. The van der Waals surface area contributed by atoms with Gasteiger partial charge in [0, 0.05) is 18.0 Å². The molecule has 5 aromatic rings. The number of benzene rings is 3. The molecule has 2 aliphatic rings. The van der Waals surface area contributed by atoms with Gasteiger partial charge in [-0.3, -0.25) is 0 Å². The Morgan fingerprint density at radius 2 is 1.73 bits per heavy atom. The first-order chi connectivity index (χ1) is 21.5. The third-order valence-electron chi connectivity index (χ3n) is 9.20. The Balaban J connectivity index is 1.12. The Bertz CT molecular complexity index is 1750. The summed E-state index contributed by atoms with van der Waals surface area (Å²) in [6.07, 6.45) is 10.8.